The molecule has 7 nitrogen and oxygen atoms in total. The monoisotopic (exact) mass is 409 g/mol. The molecule has 1 heterocycles. The Morgan fingerprint density at radius 3 is 2.26 bits per heavy atom. The molecule has 9 heteroatoms. The van der Waals surface area contributed by atoms with E-state index in [1.54, 1.807) is 29.9 Å². The normalized spacial score (nSPS) is 16.1. The highest BCUT2D eigenvalue weighted by Crippen LogP contribution is 2.40. The van der Waals surface area contributed by atoms with Crippen molar-refractivity contribution in [3.05, 3.63) is 53.3 Å². The van der Waals surface area contributed by atoms with Gasteiger partial charge in [0.15, 0.2) is 14.6 Å². The maximum absolute atomic E-state index is 13.2. The number of hydrogen-bond acceptors (Lipinski definition) is 4. The average molecular weight is 410 g/mol. The lowest BCUT2D eigenvalue weighted by Gasteiger charge is -2.27. The van der Waals surface area contributed by atoms with Crippen LogP contribution >= 0.6 is 11.6 Å². The largest absolute Gasteiger partial charge is 0.347 e. The summed E-state index contributed by atoms with van der Waals surface area (Å²) in [5, 5.41) is 0.411. The van der Waals surface area contributed by atoms with Gasteiger partial charge in [-0.25, -0.2) is 8.42 Å². The second-order valence-corrected chi connectivity index (χ2v) is 9.27. The number of amides is 2. The molecule has 27 heavy (non-hydrogen) atoms. The molecule has 0 spiro atoms. The zero-order valence-corrected chi connectivity index (χ0v) is 16.3. The number of carbonyl (C=O) groups is 2. The fraction of sp³-hybridized carbons (Fsp3) is 0.333. The van der Waals surface area contributed by atoms with Crippen molar-refractivity contribution in [1.29, 1.82) is 0 Å². The first-order chi connectivity index (χ1) is 12.8. The van der Waals surface area contributed by atoms with Gasteiger partial charge in [-0.3, -0.25) is 20.4 Å². The van der Waals surface area contributed by atoms with Crippen LogP contribution in [0, 0.1) is 0 Å². The molecule has 2 aromatic rings. The Balaban J connectivity index is 1.83. The van der Waals surface area contributed by atoms with Crippen molar-refractivity contribution < 1.29 is 18.0 Å². The smallest absolute Gasteiger partial charge is 0.286 e. The molecule has 2 N–H and O–H groups in total. The molecule has 0 saturated heterocycles. The van der Waals surface area contributed by atoms with E-state index < -0.39 is 26.4 Å². The molecule has 1 aliphatic carbocycles. The van der Waals surface area contributed by atoms with Crippen LogP contribution in [-0.4, -0.2) is 29.5 Å². The minimum atomic E-state index is -3.95. The maximum Gasteiger partial charge on any atom is 0.286 e. The molecule has 1 aliphatic rings. The predicted molar refractivity (Wildman–Crippen MR) is 101 cm³/mol. The molecule has 2 amide bonds. The van der Waals surface area contributed by atoms with Crippen LogP contribution in [0.25, 0.3) is 0 Å². The summed E-state index contributed by atoms with van der Waals surface area (Å²) in [6.07, 6.45) is 3.33. The van der Waals surface area contributed by atoms with Crippen molar-refractivity contribution in [2.24, 2.45) is 7.05 Å². The molecule has 3 rings (SSSR count). The third kappa shape index (κ3) is 3.46. The maximum atomic E-state index is 13.2. The van der Waals surface area contributed by atoms with E-state index in [1.165, 1.54) is 24.3 Å². The number of aryl methyl sites for hydroxylation is 1. The van der Waals surface area contributed by atoms with Crippen LogP contribution in [0.5, 0.6) is 0 Å². The number of hydrazine groups is 1. The second kappa shape index (κ2) is 7.36. The Morgan fingerprint density at radius 1 is 1.07 bits per heavy atom. The first-order valence-corrected chi connectivity index (χ1v) is 10.4. The number of aromatic nitrogens is 1. The van der Waals surface area contributed by atoms with Gasteiger partial charge in [-0.2, -0.15) is 0 Å². The van der Waals surface area contributed by atoms with Crippen LogP contribution in [0.3, 0.4) is 0 Å². The molecule has 1 saturated carbocycles. The lowest BCUT2D eigenvalue weighted by molar-refractivity contribution is -0.124. The van der Waals surface area contributed by atoms with Crippen molar-refractivity contribution in [2.75, 3.05) is 0 Å². The summed E-state index contributed by atoms with van der Waals surface area (Å²) in [5.41, 5.74) is 4.97. The van der Waals surface area contributed by atoms with E-state index >= 15 is 0 Å². The molecular weight excluding hydrogens is 390 g/mol. The van der Waals surface area contributed by atoms with Gasteiger partial charge in [0.05, 0.1) is 4.90 Å². The number of sulfone groups is 1. The van der Waals surface area contributed by atoms with Crippen LogP contribution in [0.2, 0.25) is 5.02 Å². The van der Waals surface area contributed by atoms with Crippen LogP contribution in [0.1, 0.15) is 36.2 Å². The lowest BCUT2D eigenvalue weighted by atomic mass is 10.1. The third-order valence-corrected chi connectivity index (χ3v) is 7.70. The summed E-state index contributed by atoms with van der Waals surface area (Å²) in [5.74, 6) is -1.25. The standard InChI is InChI=1S/C18H20ClN3O4S/c1-22-12-4-5-15(22)16(23)20-21-17(24)18(10-2-3-11-18)27(25,26)14-8-6-13(19)7-9-14/h4-9,12H,2-3,10-11H2,1H3,(H,20,23)(H,21,24). The number of benzene rings is 1. The van der Waals surface area contributed by atoms with Crippen LogP contribution in [0.4, 0.5) is 0 Å². The van der Waals surface area contributed by atoms with E-state index in [9.17, 15) is 18.0 Å². The summed E-state index contributed by atoms with van der Waals surface area (Å²) >= 11 is 5.84. The van der Waals surface area contributed by atoms with Crippen molar-refractivity contribution in [1.82, 2.24) is 15.4 Å². The van der Waals surface area contributed by atoms with Gasteiger partial charge < -0.3 is 4.57 Å². The van der Waals surface area contributed by atoms with Crippen molar-refractivity contribution in [3.63, 3.8) is 0 Å². The van der Waals surface area contributed by atoms with Crippen molar-refractivity contribution >= 4 is 33.3 Å². The minimum absolute atomic E-state index is 0.0395. The summed E-state index contributed by atoms with van der Waals surface area (Å²) in [4.78, 5) is 25.1. The topological polar surface area (TPSA) is 97.3 Å². The quantitative estimate of drug-likeness (QED) is 0.756. The molecule has 0 unspecified atom stereocenters. The second-order valence-electron chi connectivity index (χ2n) is 6.57. The molecule has 1 aromatic carbocycles. The molecule has 0 radical (unpaired) electrons. The van der Waals surface area contributed by atoms with Gasteiger partial charge in [-0.05, 0) is 49.2 Å². The highest BCUT2D eigenvalue weighted by molar-refractivity contribution is 7.93. The van der Waals surface area contributed by atoms with Crippen molar-refractivity contribution in [2.45, 2.75) is 35.3 Å². The van der Waals surface area contributed by atoms with E-state index in [0.29, 0.717) is 23.6 Å². The summed E-state index contributed by atoms with van der Waals surface area (Å²) in [6, 6.07) is 9.04. The zero-order valence-electron chi connectivity index (χ0n) is 14.7. The highest BCUT2D eigenvalue weighted by atomic mass is 35.5. The van der Waals surface area contributed by atoms with E-state index in [4.69, 9.17) is 11.6 Å². The Kier molecular flexibility index (Phi) is 5.30. The van der Waals surface area contributed by atoms with Crippen molar-refractivity contribution in [3.8, 4) is 0 Å². The molecular formula is C18H20ClN3O4S. The van der Waals surface area contributed by atoms with E-state index in [-0.39, 0.29) is 17.7 Å². The fourth-order valence-electron chi connectivity index (χ4n) is 3.39. The number of rotatable bonds is 4. The predicted octanol–water partition coefficient (Wildman–Crippen LogP) is 2.23. The lowest BCUT2D eigenvalue weighted by Crippen LogP contribution is -2.55. The van der Waals surface area contributed by atoms with E-state index in [1.807, 2.05) is 0 Å². The van der Waals surface area contributed by atoms with Crippen LogP contribution in [0.15, 0.2) is 47.5 Å². The third-order valence-electron chi connectivity index (χ3n) is 4.93. The van der Waals surface area contributed by atoms with Gasteiger partial charge in [0.2, 0.25) is 0 Å². The van der Waals surface area contributed by atoms with Gasteiger partial charge in [-0.1, -0.05) is 24.4 Å². The molecule has 0 bridgehead atoms. The number of nitrogens with zero attached hydrogens (tertiary/aromatic N) is 1. The Labute approximate surface area is 162 Å². The minimum Gasteiger partial charge on any atom is -0.347 e. The van der Waals surface area contributed by atoms with Crippen LogP contribution < -0.4 is 10.9 Å². The van der Waals surface area contributed by atoms with Crippen LogP contribution in [-0.2, 0) is 21.7 Å². The Hall–Kier alpha value is -2.32. The number of halogens is 1. The average Bonchev–Trinajstić information content (AvgIpc) is 3.30. The molecule has 0 atom stereocenters. The highest BCUT2D eigenvalue weighted by Gasteiger charge is 2.53. The first-order valence-electron chi connectivity index (χ1n) is 8.50. The van der Waals surface area contributed by atoms with E-state index in [0.717, 1.165) is 0 Å². The van der Waals surface area contributed by atoms with Gasteiger partial charge >= 0.3 is 0 Å². The summed E-state index contributed by atoms with van der Waals surface area (Å²) in [6.45, 7) is 0. The number of hydrogen-bond donors (Lipinski definition) is 2. The van der Waals surface area contributed by atoms with Gasteiger partial charge in [-0.15, -0.1) is 0 Å². The first kappa shape index (κ1) is 19.4. The summed E-state index contributed by atoms with van der Waals surface area (Å²) < 4.78 is 26.4. The summed E-state index contributed by atoms with van der Waals surface area (Å²) in [7, 11) is -2.26. The molecule has 144 valence electrons. The van der Waals surface area contributed by atoms with Gasteiger partial charge in [0.25, 0.3) is 11.8 Å². The van der Waals surface area contributed by atoms with E-state index in [2.05, 4.69) is 10.9 Å². The zero-order chi connectivity index (χ0) is 19.7. The fourth-order valence-corrected chi connectivity index (χ4v) is 5.58. The Bertz CT molecular complexity index is 961. The number of nitrogens with one attached hydrogen (secondary N) is 2. The number of carbonyl (C=O) groups excluding carboxylic acids is 2. The molecule has 1 fully saturated rings. The van der Waals surface area contributed by atoms with Gasteiger partial charge in [0, 0.05) is 18.3 Å². The Morgan fingerprint density at radius 2 is 1.70 bits per heavy atom. The SMILES string of the molecule is Cn1cccc1C(=O)NNC(=O)C1(S(=O)(=O)c2ccc(Cl)cc2)CCCC1. The van der Waals surface area contributed by atoms with Gasteiger partial charge in [0.1, 0.15) is 5.69 Å². The molecule has 1 aromatic heterocycles. The molecule has 0 aliphatic heterocycles.